The van der Waals surface area contributed by atoms with Gasteiger partial charge in [-0.25, -0.2) is 8.42 Å². The Kier molecular flexibility index (Phi) is 5.57. The van der Waals surface area contributed by atoms with Crippen LogP contribution in [-0.4, -0.2) is 37.6 Å². The van der Waals surface area contributed by atoms with Crippen LogP contribution in [0.1, 0.15) is 36.9 Å². The lowest BCUT2D eigenvalue weighted by Crippen LogP contribution is -2.37. The Morgan fingerprint density at radius 3 is 2.34 bits per heavy atom. The van der Waals surface area contributed by atoms with Gasteiger partial charge in [0.1, 0.15) is 4.90 Å². The number of fused-ring (bicyclic) bond motifs is 1. The van der Waals surface area contributed by atoms with Gasteiger partial charge in [0, 0.05) is 18.8 Å². The number of carbonyl (C=O) groups is 1. The largest absolute Gasteiger partial charge is 0.481 e. The highest BCUT2D eigenvalue weighted by molar-refractivity contribution is 7.91. The van der Waals surface area contributed by atoms with Gasteiger partial charge in [0.25, 0.3) is 0 Å². The van der Waals surface area contributed by atoms with Crippen LogP contribution < -0.4 is 4.90 Å². The van der Waals surface area contributed by atoms with Crippen molar-refractivity contribution in [1.29, 1.82) is 0 Å². The van der Waals surface area contributed by atoms with E-state index < -0.39 is 15.8 Å². The monoisotopic (exact) mass is 456 g/mol. The summed E-state index contributed by atoms with van der Waals surface area (Å²) in [6, 6.07) is 4.64. The Labute approximate surface area is 179 Å². The number of piperidine rings is 1. The maximum atomic E-state index is 13.6. The van der Waals surface area contributed by atoms with Crippen LogP contribution in [0.15, 0.2) is 28.1 Å². The third-order valence-corrected chi connectivity index (χ3v) is 8.51. The summed E-state index contributed by atoms with van der Waals surface area (Å²) in [5, 5.41) is 9.58. The molecule has 0 unspecified atom stereocenters. The number of carboxylic acid groups (broad SMARTS) is 1. The van der Waals surface area contributed by atoms with E-state index >= 15 is 0 Å². The molecule has 0 spiro atoms. The molecule has 4 rings (SSSR count). The van der Waals surface area contributed by atoms with E-state index in [9.17, 15) is 18.3 Å². The fraction of sp³-hybridized carbons (Fsp3) is 0.450. The van der Waals surface area contributed by atoms with Gasteiger partial charge in [0.05, 0.1) is 21.7 Å². The van der Waals surface area contributed by atoms with Crippen molar-refractivity contribution in [3.8, 4) is 0 Å². The van der Waals surface area contributed by atoms with Gasteiger partial charge in [-0.1, -0.05) is 29.3 Å². The van der Waals surface area contributed by atoms with E-state index in [1.807, 2.05) is 4.90 Å². The highest BCUT2D eigenvalue weighted by Gasteiger charge is 2.36. The summed E-state index contributed by atoms with van der Waals surface area (Å²) in [5.74, 6) is -1.18. The van der Waals surface area contributed by atoms with Crippen LogP contribution in [0.25, 0.3) is 0 Å². The van der Waals surface area contributed by atoms with Gasteiger partial charge in [-0.2, -0.15) is 0 Å². The number of anilines is 1. The number of hydrogen-bond donors (Lipinski definition) is 2. The molecule has 1 aromatic carbocycles. The van der Waals surface area contributed by atoms with Crippen molar-refractivity contribution >= 4 is 44.7 Å². The van der Waals surface area contributed by atoms with Gasteiger partial charge in [-0.05, 0) is 56.2 Å². The number of aryl methyl sites for hydroxylation is 1. The predicted molar refractivity (Wildman–Crippen MR) is 112 cm³/mol. The van der Waals surface area contributed by atoms with Crippen LogP contribution >= 0.6 is 23.2 Å². The molecule has 1 fully saturated rings. The minimum Gasteiger partial charge on any atom is -0.481 e. The zero-order chi connectivity index (χ0) is 20.8. The number of nitrogens with zero attached hydrogens (tertiary/aromatic N) is 1. The molecule has 1 aromatic heterocycles. The molecule has 1 aliphatic heterocycles. The zero-order valence-electron chi connectivity index (χ0n) is 15.7. The number of aliphatic carboxylic acids is 1. The van der Waals surface area contributed by atoms with Crippen LogP contribution in [0.5, 0.6) is 0 Å². The van der Waals surface area contributed by atoms with Gasteiger partial charge in [0.2, 0.25) is 9.84 Å². The second-order valence-electron chi connectivity index (χ2n) is 7.62. The standard InChI is InChI=1S/C20H22Cl2N2O4S/c21-14-5-3-6-15(22)18(14)29(27,28)19-17(13-4-1-2-7-16(13)23-19)24-10-8-12(9-11-24)20(25)26/h3,5-6,12,23H,1-2,4,7-11H2,(H,25,26). The molecule has 1 saturated heterocycles. The molecule has 2 N–H and O–H groups in total. The van der Waals surface area contributed by atoms with Crippen molar-refractivity contribution in [3.63, 3.8) is 0 Å². The van der Waals surface area contributed by atoms with Crippen LogP contribution in [0.3, 0.4) is 0 Å². The maximum Gasteiger partial charge on any atom is 0.306 e. The molecule has 0 bridgehead atoms. The van der Waals surface area contributed by atoms with E-state index in [0.29, 0.717) is 31.6 Å². The van der Waals surface area contributed by atoms with Gasteiger partial charge >= 0.3 is 5.97 Å². The first kappa shape index (κ1) is 20.6. The first-order valence-electron chi connectivity index (χ1n) is 9.71. The van der Waals surface area contributed by atoms with Gasteiger partial charge in [-0.3, -0.25) is 4.79 Å². The number of nitrogens with one attached hydrogen (secondary N) is 1. The minimum atomic E-state index is -3.98. The van der Waals surface area contributed by atoms with Gasteiger partial charge in [-0.15, -0.1) is 0 Å². The molecule has 0 amide bonds. The number of halogens is 2. The summed E-state index contributed by atoms with van der Waals surface area (Å²) >= 11 is 12.5. The number of carboxylic acids is 1. The number of hydrogen-bond acceptors (Lipinski definition) is 4. The van der Waals surface area contributed by atoms with Crippen molar-refractivity contribution in [3.05, 3.63) is 39.5 Å². The zero-order valence-corrected chi connectivity index (χ0v) is 18.1. The van der Waals surface area contributed by atoms with E-state index in [2.05, 4.69) is 4.98 Å². The Balaban J connectivity index is 1.82. The predicted octanol–water partition coefficient (Wildman–Crippen LogP) is 4.33. The topological polar surface area (TPSA) is 90.5 Å². The maximum absolute atomic E-state index is 13.6. The summed E-state index contributed by atoms with van der Waals surface area (Å²) in [5.41, 5.74) is 2.62. The molecule has 0 saturated carbocycles. The Hall–Kier alpha value is -1.70. The number of H-pyrrole nitrogens is 1. The quantitative estimate of drug-likeness (QED) is 0.713. The second kappa shape index (κ2) is 7.85. The molecule has 2 aliphatic rings. The van der Waals surface area contributed by atoms with Crippen LogP contribution in [0.4, 0.5) is 5.69 Å². The fourth-order valence-electron chi connectivity index (χ4n) is 4.36. The van der Waals surface area contributed by atoms with Crippen LogP contribution in [-0.2, 0) is 27.5 Å². The summed E-state index contributed by atoms with van der Waals surface area (Å²) in [6.45, 7) is 1.00. The molecule has 29 heavy (non-hydrogen) atoms. The van der Waals surface area contributed by atoms with E-state index in [-0.39, 0.29) is 25.9 Å². The van der Waals surface area contributed by atoms with Crippen LogP contribution in [0.2, 0.25) is 10.0 Å². The van der Waals surface area contributed by atoms with Crippen molar-refractivity contribution in [1.82, 2.24) is 4.98 Å². The molecule has 1 aliphatic carbocycles. The lowest BCUT2D eigenvalue weighted by atomic mass is 9.94. The Bertz CT molecular complexity index is 1040. The molecule has 0 atom stereocenters. The normalized spacial score (nSPS) is 17.9. The summed E-state index contributed by atoms with van der Waals surface area (Å²) in [4.78, 5) is 16.4. The molecule has 2 heterocycles. The molecular weight excluding hydrogens is 435 g/mol. The molecular formula is C20H22Cl2N2O4S. The van der Waals surface area contributed by atoms with Gasteiger partial charge < -0.3 is 15.0 Å². The minimum absolute atomic E-state index is 0.0839. The number of aromatic nitrogens is 1. The molecule has 0 radical (unpaired) electrons. The fourth-order valence-corrected chi connectivity index (χ4v) is 6.98. The summed E-state index contributed by atoms with van der Waals surface area (Å²) in [6.07, 6.45) is 4.56. The number of sulfone groups is 1. The lowest BCUT2D eigenvalue weighted by Gasteiger charge is -2.33. The van der Waals surface area contributed by atoms with Crippen molar-refractivity contribution < 1.29 is 18.3 Å². The van der Waals surface area contributed by atoms with Gasteiger partial charge in [0.15, 0.2) is 5.03 Å². The third kappa shape index (κ3) is 3.64. The van der Waals surface area contributed by atoms with Crippen molar-refractivity contribution in [2.45, 2.75) is 48.4 Å². The summed E-state index contributed by atoms with van der Waals surface area (Å²) in [7, 11) is -3.98. The van der Waals surface area contributed by atoms with E-state index in [1.165, 1.54) is 12.1 Å². The number of aromatic amines is 1. The first-order chi connectivity index (χ1) is 13.8. The van der Waals surface area contributed by atoms with Crippen molar-refractivity contribution in [2.24, 2.45) is 5.92 Å². The molecule has 156 valence electrons. The molecule has 6 nitrogen and oxygen atoms in total. The average Bonchev–Trinajstić information content (AvgIpc) is 3.08. The smallest absolute Gasteiger partial charge is 0.306 e. The lowest BCUT2D eigenvalue weighted by molar-refractivity contribution is -0.142. The highest BCUT2D eigenvalue weighted by atomic mass is 35.5. The van der Waals surface area contributed by atoms with E-state index in [0.717, 1.165) is 36.9 Å². The second-order valence-corrected chi connectivity index (χ2v) is 10.3. The first-order valence-corrected chi connectivity index (χ1v) is 11.9. The molecule has 9 heteroatoms. The Morgan fingerprint density at radius 1 is 1.10 bits per heavy atom. The van der Waals surface area contributed by atoms with E-state index in [1.54, 1.807) is 6.07 Å². The number of rotatable bonds is 4. The third-order valence-electron chi connectivity index (χ3n) is 5.85. The highest BCUT2D eigenvalue weighted by Crippen LogP contribution is 2.42. The van der Waals surface area contributed by atoms with E-state index in [4.69, 9.17) is 23.2 Å². The number of benzene rings is 1. The Morgan fingerprint density at radius 2 is 1.72 bits per heavy atom. The van der Waals surface area contributed by atoms with Crippen molar-refractivity contribution in [2.75, 3.05) is 18.0 Å². The summed E-state index contributed by atoms with van der Waals surface area (Å²) < 4.78 is 27.2. The SMILES string of the molecule is O=C(O)C1CCN(c2c(S(=O)(=O)c3c(Cl)cccc3Cl)[nH]c3c2CCCC3)CC1. The molecule has 2 aromatic rings. The van der Waals surface area contributed by atoms with Crippen LogP contribution in [0, 0.1) is 5.92 Å². The average molecular weight is 457 g/mol.